The monoisotopic (exact) mass is 250 g/mol. The fourth-order valence-corrected chi connectivity index (χ4v) is 1.85. The van der Waals surface area contributed by atoms with Crippen molar-refractivity contribution in [2.24, 2.45) is 5.92 Å². The van der Waals surface area contributed by atoms with Crippen molar-refractivity contribution < 1.29 is 14.3 Å². The van der Waals surface area contributed by atoms with Crippen LogP contribution in [-0.2, 0) is 6.54 Å². The molecule has 0 bridgehead atoms. The second-order valence-corrected chi connectivity index (χ2v) is 4.62. The molecule has 1 rings (SSSR count). The van der Waals surface area contributed by atoms with Crippen LogP contribution >= 0.6 is 0 Å². The minimum Gasteiger partial charge on any atom is -0.475 e. The van der Waals surface area contributed by atoms with Gasteiger partial charge in [-0.1, -0.05) is 13.8 Å². The normalized spacial score (nSPS) is 10.8. The summed E-state index contributed by atoms with van der Waals surface area (Å²) in [5.74, 6) is -0.607. The van der Waals surface area contributed by atoms with E-state index in [9.17, 15) is 4.79 Å². The van der Waals surface area contributed by atoms with Crippen LogP contribution in [0.25, 0.3) is 0 Å². The summed E-state index contributed by atoms with van der Waals surface area (Å²) in [5.41, 5.74) is 0.654. The molecule has 0 saturated heterocycles. The molecule has 0 spiro atoms. The number of aromatic carboxylic acids is 1. The highest BCUT2D eigenvalue weighted by Gasteiger charge is 2.17. The van der Waals surface area contributed by atoms with Crippen molar-refractivity contribution in [2.75, 3.05) is 13.1 Å². The molecule has 0 amide bonds. The van der Waals surface area contributed by atoms with E-state index in [1.54, 1.807) is 6.07 Å². The van der Waals surface area contributed by atoms with Gasteiger partial charge in [-0.3, -0.25) is 4.90 Å². The maximum Gasteiger partial charge on any atom is 0.372 e. The van der Waals surface area contributed by atoms with Crippen molar-refractivity contribution in [1.29, 1.82) is 5.26 Å². The Morgan fingerprint density at radius 1 is 1.61 bits per heavy atom. The van der Waals surface area contributed by atoms with E-state index in [-0.39, 0.29) is 5.76 Å². The average molecular weight is 250 g/mol. The number of nitriles is 1. The molecule has 18 heavy (non-hydrogen) atoms. The maximum absolute atomic E-state index is 10.9. The molecule has 0 unspecified atom stereocenters. The van der Waals surface area contributed by atoms with Gasteiger partial charge in [-0.15, -0.1) is 0 Å². The molecule has 0 aliphatic carbocycles. The number of rotatable bonds is 7. The Morgan fingerprint density at radius 2 is 2.33 bits per heavy atom. The van der Waals surface area contributed by atoms with E-state index in [2.05, 4.69) is 24.8 Å². The molecule has 98 valence electrons. The Morgan fingerprint density at radius 3 is 2.89 bits per heavy atom. The number of nitrogens with zero attached hydrogens (tertiary/aromatic N) is 2. The van der Waals surface area contributed by atoms with E-state index in [1.165, 1.54) is 6.26 Å². The SMILES string of the molecule is CC(C)CN(CCC#N)Cc1ccoc1C(=O)O. The van der Waals surface area contributed by atoms with Crippen LogP contribution in [0.15, 0.2) is 16.7 Å². The molecule has 0 aliphatic rings. The summed E-state index contributed by atoms with van der Waals surface area (Å²) in [6.07, 6.45) is 1.82. The molecule has 1 N–H and O–H groups in total. The highest BCUT2D eigenvalue weighted by atomic mass is 16.4. The smallest absolute Gasteiger partial charge is 0.372 e. The van der Waals surface area contributed by atoms with Crippen molar-refractivity contribution in [3.05, 3.63) is 23.7 Å². The van der Waals surface area contributed by atoms with Gasteiger partial charge in [-0.05, 0) is 12.0 Å². The van der Waals surface area contributed by atoms with E-state index < -0.39 is 5.97 Å². The first-order valence-corrected chi connectivity index (χ1v) is 5.93. The van der Waals surface area contributed by atoms with Gasteiger partial charge in [-0.25, -0.2) is 4.79 Å². The third-order valence-electron chi connectivity index (χ3n) is 2.50. The van der Waals surface area contributed by atoms with Crippen LogP contribution in [0.3, 0.4) is 0 Å². The van der Waals surface area contributed by atoms with Crippen LogP contribution in [0.1, 0.15) is 36.4 Å². The highest BCUT2D eigenvalue weighted by molar-refractivity contribution is 5.86. The molecule has 1 aromatic rings. The quantitative estimate of drug-likeness (QED) is 0.803. The van der Waals surface area contributed by atoms with Gasteiger partial charge >= 0.3 is 5.97 Å². The molecule has 1 aromatic heterocycles. The zero-order valence-electron chi connectivity index (χ0n) is 10.7. The number of carboxylic acids is 1. The van der Waals surface area contributed by atoms with Crippen LogP contribution in [0.2, 0.25) is 0 Å². The highest BCUT2D eigenvalue weighted by Crippen LogP contribution is 2.14. The van der Waals surface area contributed by atoms with Gasteiger partial charge in [0.05, 0.1) is 12.3 Å². The molecule has 0 atom stereocenters. The summed E-state index contributed by atoms with van der Waals surface area (Å²) in [6.45, 7) is 6.14. The topological polar surface area (TPSA) is 77.5 Å². The number of hydrogen-bond donors (Lipinski definition) is 1. The first-order valence-electron chi connectivity index (χ1n) is 5.93. The van der Waals surface area contributed by atoms with Gasteiger partial charge < -0.3 is 9.52 Å². The molecule has 0 fully saturated rings. The van der Waals surface area contributed by atoms with Gasteiger partial charge in [0.1, 0.15) is 0 Å². The Hall–Kier alpha value is -1.80. The third-order valence-corrected chi connectivity index (χ3v) is 2.50. The molecule has 1 heterocycles. The predicted molar refractivity (Wildman–Crippen MR) is 66.0 cm³/mol. The van der Waals surface area contributed by atoms with Crippen molar-refractivity contribution in [3.8, 4) is 6.07 Å². The van der Waals surface area contributed by atoms with Gasteiger partial charge in [0.15, 0.2) is 0 Å². The van der Waals surface area contributed by atoms with Crippen molar-refractivity contribution in [2.45, 2.75) is 26.8 Å². The summed E-state index contributed by atoms with van der Waals surface area (Å²) in [4.78, 5) is 13.0. The molecule has 5 nitrogen and oxygen atoms in total. The predicted octanol–water partition coefficient (Wildman–Crippen LogP) is 2.35. The standard InChI is InChI=1S/C13H18N2O3/c1-10(2)8-15(6-3-5-14)9-11-4-7-18-12(11)13(16)17/h4,7,10H,3,6,8-9H2,1-2H3,(H,16,17). The Bertz CT molecular complexity index is 432. The van der Waals surface area contributed by atoms with Crippen molar-refractivity contribution in [3.63, 3.8) is 0 Å². The molecule has 0 aromatic carbocycles. The summed E-state index contributed by atoms with van der Waals surface area (Å²) >= 11 is 0. The Kier molecular flexibility index (Phi) is 5.40. The van der Waals surface area contributed by atoms with Crippen LogP contribution < -0.4 is 0 Å². The lowest BCUT2D eigenvalue weighted by molar-refractivity contribution is 0.0659. The molecule has 0 saturated carbocycles. The van der Waals surface area contributed by atoms with Gasteiger partial charge in [0.25, 0.3) is 0 Å². The summed E-state index contributed by atoms with van der Waals surface area (Å²) in [5, 5.41) is 17.6. The molecule has 0 radical (unpaired) electrons. The first kappa shape index (κ1) is 14.3. The van der Waals surface area contributed by atoms with Gasteiger partial charge in [-0.2, -0.15) is 5.26 Å². The van der Waals surface area contributed by atoms with E-state index in [4.69, 9.17) is 14.8 Å². The number of hydrogen-bond acceptors (Lipinski definition) is 4. The fourth-order valence-electron chi connectivity index (χ4n) is 1.85. The van der Waals surface area contributed by atoms with E-state index in [0.29, 0.717) is 31.0 Å². The van der Waals surface area contributed by atoms with Crippen LogP contribution in [0.4, 0.5) is 0 Å². The molecular formula is C13H18N2O3. The molecule has 0 aliphatic heterocycles. The van der Waals surface area contributed by atoms with Gasteiger partial charge in [0.2, 0.25) is 5.76 Å². The van der Waals surface area contributed by atoms with Crippen LogP contribution in [-0.4, -0.2) is 29.1 Å². The number of furan rings is 1. The van der Waals surface area contributed by atoms with E-state index in [1.807, 2.05) is 0 Å². The lowest BCUT2D eigenvalue weighted by Gasteiger charge is -2.22. The summed E-state index contributed by atoms with van der Waals surface area (Å²) in [7, 11) is 0. The first-order chi connectivity index (χ1) is 8.54. The average Bonchev–Trinajstić information content (AvgIpc) is 2.73. The lowest BCUT2D eigenvalue weighted by Crippen LogP contribution is -2.28. The second-order valence-electron chi connectivity index (χ2n) is 4.62. The Labute approximate surface area is 107 Å². The minimum atomic E-state index is -1.06. The third kappa shape index (κ3) is 4.22. The lowest BCUT2D eigenvalue weighted by atomic mass is 10.1. The van der Waals surface area contributed by atoms with Crippen molar-refractivity contribution >= 4 is 5.97 Å². The largest absolute Gasteiger partial charge is 0.475 e. The zero-order valence-corrected chi connectivity index (χ0v) is 10.7. The number of carboxylic acid groups (broad SMARTS) is 1. The zero-order chi connectivity index (χ0) is 13.5. The fraction of sp³-hybridized carbons (Fsp3) is 0.538. The summed E-state index contributed by atoms with van der Waals surface area (Å²) < 4.78 is 4.95. The van der Waals surface area contributed by atoms with E-state index in [0.717, 1.165) is 6.54 Å². The number of carbonyl (C=O) groups is 1. The van der Waals surface area contributed by atoms with Crippen molar-refractivity contribution in [1.82, 2.24) is 4.90 Å². The second kappa shape index (κ2) is 6.82. The minimum absolute atomic E-state index is 0.0132. The molecule has 5 heteroatoms. The van der Waals surface area contributed by atoms with Crippen LogP contribution in [0, 0.1) is 17.2 Å². The van der Waals surface area contributed by atoms with Crippen LogP contribution in [0.5, 0.6) is 0 Å². The molecular weight excluding hydrogens is 232 g/mol. The summed E-state index contributed by atoms with van der Waals surface area (Å²) in [6, 6.07) is 3.78. The Balaban J connectivity index is 2.72. The van der Waals surface area contributed by atoms with E-state index >= 15 is 0 Å². The maximum atomic E-state index is 10.9. The van der Waals surface area contributed by atoms with Gasteiger partial charge in [0, 0.05) is 31.6 Å².